The molecule has 0 spiro atoms. The van der Waals surface area contributed by atoms with E-state index in [9.17, 15) is 9.18 Å². The molecule has 0 N–H and O–H groups in total. The van der Waals surface area contributed by atoms with E-state index in [2.05, 4.69) is 15.2 Å². The Hall–Kier alpha value is -3.29. The molecule has 2 aliphatic heterocycles. The third-order valence-corrected chi connectivity index (χ3v) is 5.69. The van der Waals surface area contributed by atoms with Gasteiger partial charge in [0.05, 0.1) is 6.61 Å². The molecule has 2 aromatic heterocycles. The summed E-state index contributed by atoms with van der Waals surface area (Å²) < 4.78 is 21.8. The predicted octanol–water partition coefficient (Wildman–Crippen LogP) is 2.23. The Labute approximate surface area is 166 Å². The molecule has 5 rings (SSSR count). The Morgan fingerprint density at radius 2 is 2.14 bits per heavy atom. The summed E-state index contributed by atoms with van der Waals surface area (Å²) in [6.07, 6.45) is 7.54. The van der Waals surface area contributed by atoms with Crippen molar-refractivity contribution in [3.8, 4) is 5.75 Å². The number of nitrogens with zero attached hydrogens (tertiary/aromatic N) is 5. The monoisotopic (exact) mass is 393 g/mol. The van der Waals surface area contributed by atoms with Crippen LogP contribution in [0.1, 0.15) is 28.9 Å². The van der Waals surface area contributed by atoms with E-state index in [1.807, 2.05) is 4.40 Å². The van der Waals surface area contributed by atoms with Gasteiger partial charge in [0, 0.05) is 49.8 Å². The standard InChI is InChI=1S/C21H20FN5O2/c1-26-8-6-13(10-20(26)28)16-11-23-19(27-12-24-25-21(16)27)5-2-14-15-7-9-29-18(15)4-3-17(14)22/h3-4,10-12H,2,5-9H2,1H3. The highest BCUT2D eigenvalue weighted by Crippen LogP contribution is 2.31. The number of hydrogen-bond acceptors (Lipinski definition) is 5. The van der Waals surface area contributed by atoms with Gasteiger partial charge in [-0.3, -0.25) is 9.20 Å². The lowest BCUT2D eigenvalue weighted by Gasteiger charge is -2.22. The second kappa shape index (κ2) is 6.95. The minimum Gasteiger partial charge on any atom is -0.493 e. The molecule has 0 saturated carbocycles. The number of likely N-dealkylation sites (N-methyl/N-ethyl adjacent to an activating group) is 1. The smallest absolute Gasteiger partial charge is 0.246 e. The molecular formula is C21H20FN5O2. The van der Waals surface area contributed by atoms with E-state index in [1.165, 1.54) is 6.07 Å². The molecule has 1 aromatic carbocycles. The Morgan fingerprint density at radius 3 is 3.00 bits per heavy atom. The van der Waals surface area contributed by atoms with Crippen molar-refractivity contribution in [2.45, 2.75) is 25.7 Å². The zero-order chi connectivity index (χ0) is 20.0. The summed E-state index contributed by atoms with van der Waals surface area (Å²) in [5, 5.41) is 8.28. The van der Waals surface area contributed by atoms with Crippen molar-refractivity contribution in [3.63, 3.8) is 0 Å². The van der Waals surface area contributed by atoms with Crippen molar-refractivity contribution in [1.82, 2.24) is 24.5 Å². The first-order chi connectivity index (χ1) is 14.1. The summed E-state index contributed by atoms with van der Waals surface area (Å²) >= 11 is 0. The van der Waals surface area contributed by atoms with Crippen molar-refractivity contribution in [1.29, 1.82) is 0 Å². The van der Waals surface area contributed by atoms with Crippen LogP contribution in [-0.4, -0.2) is 50.6 Å². The van der Waals surface area contributed by atoms with E-state index >= 15 is 0 Å². The fourth-order valence-corrected chi connectivity index (χ4v) is 4.04. The van der Waals surface area contributed by atoms with Crippen molar-refractivity contribution in [2.24, 2.45) is 0 Å². The fraction of sp³-hybridized carbons (Fsp3) is 0.333. The molecule has 0 fully saturated rings. The van der Waals surface area contributed by atoms with Crippen LogP contribution in [0.5, 0.6) is 5.75 Å². The summed E-state index contributed by atoms with van der Waals surface area (Å²) in [5.41, 5.74) is 4.04. The summed E-state index contributed by atoms with van der Waals surface area (Å²) in [7, 11) is 1.79. The van der Waals surface area contributed by atoms with E-state index in [-0.39, 0.29) is 11.7 Å². The number of rotatable bonds is 4. The first-order valence-electron chi connectivity index (χ1n) is 9.68. The molecule has 4 heterocycles. The van der Waals surface area contributed by atoms with Crippen LogP contribution in [-0.2, 0) is 24.1 Å². The molecule has 8 heteroatoms. The van der Waals surface area contributed by atoms with E-state index in [0.717, 1.165) is 41.1 Å². The van der Waals surface area contributed by atoms with Gasteiger partial charge in [0.1, 0.15) is 23.7 Å². The Kier molecular flexibility index (Phi) is 4.26. The highest BCUT2D eigenvalue weighted by atomic mass is 19.1. The van der Waals surface area contributed by atoms with Gasteiger partial charge in [0.25, 0.3) is 0 Å². The molecule has 0 unspecified atom stereocenters. The zero-order valence-electron chi connectivity index (χ0n) is 16.1. The van der Waals surface area contributed by atoms with Crippen LogP contribution >= 0.6 is 0 Å². The molecule has 29 heavy (non-hydrogen) atoms. The summed E-state index contributed by atoms with van der Waals surface area (Å²) in [6, 6.07) is 3.16. The molecule has 0 saturated heterocycles. The second-order valence-electron chi connectivity index (χ2n) is 7.39. The Morgan fingerprint density at radius 1 is 1.24 bits per heavy atom. The highest BCUT2D eigenvalue weighted by molar-refractivity contribution is 5.98. The van der Waals surface area contributed by atoms with Gasteiger partial charge in [-0.05, 0) is 36.1 Å². The van der Waals surface area contributed by atoms with Gasteiger partial charge in [0.15, 0.2) is 5.65 Å². The summed E-state index contributed by atoms with van der Waals surface area (Å²) in [6.45, 7) is 1.25. The van der Waals surface area contributed by atoms with Crippen LogP contribution in [0.3, 0.4) is 0 Å². The SMILES string of the molecule is CN1CCC(c2cnc(CCc3c(F)ccc4c3CCO4)n3cnnc23)=CC1=O. The lowest BCUT2D eigenvalue weighted by atomic mass is 9.99. The number of aryl methyl sites for hydroxylation is 1. The number of benzene rings is 1. The maximum absolute atomic E-state index is 14.4. The van der Waals surface area contributed by atoms with Gasteiger partial charge in [-0.25, -0.2) is 9.37 Å². The average Bonchev–Trinajstić information content (AvgIpc) is 3.39. The van der Waals surface area contributed by atoms with E-state index in [1.54, 1.807) is 36.6 Å². The second-order valence-corrected chi connectivity index (χ2v) is 7.39. The summed E-state index contributed by atoms with van der Waals surface area (Å²) in [5.74, 6) is 1.30. The predicted molar refractivity (Wildman–Crippen MR) is 104 cm³/mol. The lowest BCUT2D eigenvalue weighted by molar-refractivity contribution is -0.125. The van der Waals surface area contributed by atoms with E-state index in [4.69, 9.17) is 4.74 Å². The number of ether oxygens (including phenoxy) is 1. The van der Waals surface area contributed by atoms with Crippen LogP contribution in [0.15, 0.2) is 30.7 Å². The van der Waals surface area contributed by atoms with Gasteiger partial charge in [-0.2, -0.15) is 0 Å². The molecule has 0 bridgehead atoms. The number of halogens is 1. The van der Waals surface area contributed by atoms with Crippen LogP contribution in [0.4, 0.5) is 4.39 Å². The number of carbonyl (C=O) groups is 1. The van der Waals surface area contributed by atoms with Gasteiger partial charge in [-0.15, -0.1) is 10.2 Å². The third-order valence-electron chi connectivity index (χ3n) is 5.69. The molecule has 7 nitrogen and oxygen atoms in total. The van der Waals surface area contributed by atoms with Crippen LogP contribution in [0, 0.1) is 5.82 Å². The molecular weight excluding hydrogens is 373 g/mol. The molecule has 148 valence electrons. The zero-order valence-corrected chi connectivity index (χ0v) is 16.1. The topological polar surface area (TPSA) is 72.6 Å². The van der Waals surface area contributed by atoms with Crippen LogP contribution < -0.4 is 4.74 Å². The Bertz CT molecular complexity index is 1150. The van der Waals surface area contributed by atoms with E-state index < -0.39 is 0 Å². The fourth-order valence-electron chi connectivity index (χ4n) is 4.04. The Balaban J connectivity index is 1.46. The van der Waals surface area contributed by atoms with Gasteiger partial charge in [-0.1, -0.05) is 0 Å². The summed E-state index contributed by atoms with van der Waals surface area (Å²) in [4.78, 5) is 18.3. The third kappa shape index (κ3) is 3.04. The molecule has 2 aliphatic rings. The highest BCUT2D eigenvalue weighted by Gasteiger charge is 2.22. The van der Waals surface area contributed by atoms with Gasteiger partial charge >= 0.3 is 0 Å². The number of hydrogen-bond donors (Lipinski definition) is 0. The van der Waals surface area contributed by atoms with Crippen molar-refractivity contribution >= 4 is 17.1 Å². The maximum atomic E-state index is 14.4. The number of carbonyl (C=O) groups excluding carboxylic acids is 1. The van der Waals surface area contributed by atoms with Gasteiger partial charge < -0.3 is 9.64 Å². The first kappa shape index (κ1) is 17.8. The molecule has 0 atom stereocenters. The molecule has 3 aromatic rings. The van der Waals surface area contributed by atoms with E-state index in [0.29, 0.717) is 37.2 Å². The van der Waals surface area contributed by atoms with Crippen molar-refractivity contribution in [2.75, 3.05) is 20.2 Å². The number of aromatic nitrogens is 4. The average molecular weight is 393 g/mol. The minimum atomic E-state index is -0.208. The normalized spacial score (nSPS) is 16.1. The molecule has 0 aliphatic carbocycles. The van der Waals surface area contributed by atoms with Crippen LogP contribution in [0.2, 0.25) is 0 Å². The van der Waals surface area contributed by atoms with Crippen molar-refractivity contribution < 1.29 is 13.9 Å². The largest absolute Gasteiger partial charge is 0.493 e. The molecule has 1 amide bonds. The van der Waals surface area contributed by atoms with Crippen molar-refractivity contribution in [3.05, 3.63) is 59.1 Å². The van der Waals surface area contributed by atoms with Gasteiger partial charge in [0.2, 0.25) is 5.91 Å². The van der Waals surface area contributed by atoms with Crippen LogP contribution in [0.25, 0.3) is 11.2 Å². The number of fused-ring (bicyclic) bond motifs is 2. The maximum Gasteiger partial charge on any atom is 0.246 e. The number of amides is 1. The minimum absolute atomic E-state index is 0.0244. The molecule has 0 radical (unpaired) electrons. The quantitative estimate of drug-likeness (QED) is 0.680. The lowest BCUT2D eigenvalue weighted by Crippen LogP contribution is -2.29. The first-order valence-corrected chi connectivity index (χ1v) is 9.68.